The molecule has 0 aromatic rings. The number of ether oxygens (including phenoxy) is 1. The minimum absolute atomic E-state index is 0.333. The van der Waals surface area contributed by atoms with Crippen LogP contribution in [0.2, 0.25) is 0 Å². The summed E-state index contributed by atoms with van der Waals surface area (Å²) in [7, 11) is -1.82. The number of rotatable bonds is 6. The summed E-state index contributed by atoms with van der Waals surface area (Å²) in [5.41, 5.74) is 5.32. The standard InChI is InChI=1S/C11H25N3O3S/c1-4-11(5-2,10-12)13(3)18(15,16)14-6-8-17-9-7-14/h4-10,12H2,1-3H3. The summed E-state index contributed by atoms with van der Waals surface area (Å²) in [6.07, 6.45) is 1.42. The second-order valence-electron chi connectivity index (χ2n) is 4.62. The number of hydrogen-bond acceptors (Lipinski definition) is 4. The van der Waals surface area contributed by atoms with Gasteiger partial charge in [-0.1, -0.05) is 13.8 Å². The first-order valence-corrected chi connectivity index (χ1v) is 7.86. The lowest BCUT2D eigenvalue weighted by atomic mass is 9.93. The molecular formula is C11H25N3O3S. The number of nitrogens with zero attached hydrogens (tertiary/aromatic N) is 2. The summed E-state index contributed by atoms with van der Waals surface area (Å²) >= 11 is 0. The first-order valence-electron chi connectivity index (χ1n) is 6.46. The molecule has 1 aliphatic rings. The van der Waals surface area contributed by atoms with Crippen LogP contribution in [0.5, 0.6) is 0 Å². The average Bonchev–Trinajstić information content (AvgIpc) is 2.42. The van der Waals surface area contributed by atoms with E-state index in [9.17, 15) is 8.42 Å². The van der Waals surface area contributed by atoms with Crippen molar-refractivity contribution in [2.45, 2.75) is 32.2 Å². The molecule has 1 fully saturated rings. The van der Waals surface area contributed by atoms with Gasteiger partial charge in [0.15, 0.2) is 0 Å². The molecule has 1 heterocycles. The van der Waals surface area contributed by atoms with Crippen molar-refractivity contribution in [2.75, 3.05) is 39.9 Å². The minimum Gasteiger partial charge on any atom is -0.379 e. The molecule has 108 valence electrons. The SMILES string of the molecule is CCC(CC)(CN)N(C)S(=O)(=O)N1CCOCC1. The highest BCUT2D eigenvalue weighted by atomic mass is 32.2. The van der Waals surface area contributed by atoms with Gasteiger partial charge in [-0.15, -0.1) is 0 Å². The zero-order chi connectivity index (χ0) is 13.8. The average molecular weight is 279 g/mol. The summed E-state index contributed by atoms with van der Waals surface area (Å²) in [5, 5.41) is 0. The van der Waals surface area contributed by atoms with Crippen LogP contribution >= 0.6 is 0 Å². The van der Waals surface area contributed by atoms with Gasteiger partial charge in [0.25, 0.3) is 10.2 Å². The molecule has 0 radical (unpaired) electrons. The molecule has 6 nitrogen and oxygen atoms in total. The van der Waals surface area contributed by atoms with E-state index in [0.717, 1.165) is 0 Å². The van der Waals surface area contributed by atoms with Crippen molar-refractivity contribution >= 4 is 10.2 Å². The molecule has 0 bridgehead atoms. The van der Waals surface area contributed by atoms with E-state index in [1.165, 1.54) is 8.61 Å². The molecule has 7 heteroatoms. The second-order valence-corrected chi connectivity index (χ2v) is 6.58. The van der Waals surface area contributed by atoms with Gasteiger partial charge in [-0.3, -0.25) is 0 Å². The molecule has 0 spiro atoms. The highest BCUT2D eigenvalue weighted by Crippen LogP contribution is 2.26. The molecule has 1 rings (SSSR count). The van der Waals surface area contributed by atoms with E-state index in [1.54, 1.807) is 7.05 Å². The van der Waals surface area contributed by atoms with E-state index in [2.05, 4.69) is 0 Å². The fourth-order valence-corrected chi connectivity index (χ4v) is 4.09. The normalized spacial score (nSPS) is 19.4. The Morgan fingerprint density at radius 2 is 1.78 bits per heavy atom. The van der Waals surface area contributed by atoms with Crippen LogP contribution in [0.15, 0.2) is 0 Å². The van der Waals surface area contributed by atoms with Gasteiger partial charge in [0.1, 0.15) is 0 Å². The maximum absolute atomic E-state index is 12.5. The van der Waals surface area contributed by atoms with Crippen molar-refractivity contribution in [2.24, 2.45) is 5.73 Å². The van der Waals surface area contributed by atoms with E-state index < -0.39 is 15.7 Å². The molecule has 0 amide bonds. The number of morpholine rings is 1. The second kappa shape index (κ2) is 6.29. The van der Waals surface area contributed by atoms with Crippen LogP contribution in [0.4, 0.5) is 0 Å². The molecule has 0 unspecified atom stereocenters. The fourth-order valence-electron chi connectivity index (χ4n) is 2.31. The third kappa shape index (κ3) is 2.85. The number of likely N-dealkylation sites (N-methyl/N-ethyl adjacent to an activating group) is 1. The first kappa shape index (κ1) is 15.8. The van der Waals surface area contributed by atoms with Crippen LogP contribution in [0.25, 0.3) is 0 Å². The van der Waals surface area contributed by atoms with E-state index in [4.69, 9.17) is 10.5 Å². The van der Waals surface area contributed by atoms with Gasteiger partial charge >= 0.3 is 0 Å². The Hall–Kier alpha value is -0.210. The lowest BCUT2D eigenvalue weighted by Gasteiger charge is -2.41. The van der Waals surface area contributed by atoms with Crippen LogP contribution in [0.3, 0.4) is 0 Å². The molecule has 1 aliphatic heterocycles. The van der Waals surface area contributed by atoms with E-state index in [1.807, 2.05) is 13.8 Å². The van der Waals surface area contributed by atoms with Crippen molar-refractivity contribution < 1.29 is 13.2 Å². The first-order chi connectivity index (χ1) is 8.44. The number of nitrogens with two attached hydrogens (primary N) is 1. The molecular weight excluding hydrogens is 254 g/mol. The zero-order valence-electron chi connectivity index (χ0n) is 11.6. The predicted octanol–water partition coefficient (Wildman–Crippen LogP) is 0.0127. The van der Waals surface area contributed by atoms with Gasteiger partial charge in [-0.05, 0) is 12.8 Å². The molecule has 1 saturated heterocycles. The molecule has 0 saturated carbocycles. The van der Waals surface area contributed by atoms with Crippen molar-refractivity contribution in [1.29, 1.82) is 0 Å². The summed E-state index contributed by atoms with van der Waals surface area (Å²) in [6, 6.07) is 0. The van der Waals surface area contributed by atoms with Crippen molar-refractivity contribution in [3.05, 3.63) is 0 Å². The Morgan fingerprint density at radius 3 is 2.17 bits per heavy atom. The van der Waals surface area contributed by atoms with Gasteiger partial charge in [-0.2, -0.15) is 17.0 Å². The highest BCUT2D eigenvalue weighted by Gasteiger charge is 2.40. The summed E-state index contributed by atoms with van der Waals surface area (Å²) in [5.74, 6) is 0. The molecule has 0 aromatic heterocycles. The number of hydrogen-bond donors (Lipinski definition) is 1. The van der Waals surface area contributed by atoms with Crippen LogP contribution in [0, 0.1) is 0 Å². The Morgan fingerprint density at radius 1 is 1.28 bits per heavy atom. The van der Waals surface area contributed by atoms with Crippen LogP contribution in [0.1, 0.15) is 26.7 Å². The van der Waals surface area contributed by atoms with Crippen LogP contribution < -0.4 is 5.73 Å². The molecule has 0 aliphatic carbocycles. The van der Waals surface area contributed by atoms with Crippen LogP contribution in [-0.4, -0.2) is 62.5 Å². The predicted molar refractivity (Wildman–Crippen MR) is 71.4 cm³/mol. The topological polar surface area (TPSA) is 75.9 Å². The maximum atomic E-state index is 12.5. The molecule has 0 atom stereocenters. The van der Waals surface area contributed by atoms with Crippen molar-refractivity contribution in [3.8, 4) is 0 Å². The Labute approximate surface area is 110 Å². The molecule has 18 heavy (non-hydrogen) atoms. The Balaban J connectivity index is 2.95. The van der Waals surface area contributed by atoms with Gasteiger partial charge < -0.3 is 10.5 Å². The fraction of sp³-hybridized carbons (Fsp3) is 1.00. The smallest absolute Gasteiger partial charge is 0.282 e. The summed E-state index contributed by atoms with van der Waals surface area (Å²) in [6.45, 7) is 6.03. The third-order valence-corrected chi connectivity index (χ3v) is 6.10. The summed E-state index contributed by atoms with van der Waals surface area (Å²) < 4.78 is 33.2. The summed E-state index contributed by atoms with van der Waals surface area (Å²) in [4.78, 5) is 0. The lowest BCUT2D eigenvalue weighted by Crippen LogP contribution is -2.58. The van der Waals surface area contributed by atoms with Gasteiger partial charge in [0.05, 0.1) is 13.2 Å². The van der Waals surface area contributed by atoms with E-state index in [-0.39, 0.29) is 0 Å². The Bertz CT molecular complexity index is 340. The monoisotopic (exact) mass is 279 g/mol. The highest BCUT2D eigenvalue weighted by molar-refractivity contribution is 7.86. The van der Waals surface area contributed by atoms with Gasteiger partial charge in [0, 0.05) is 32.2 Å². The van der Waals surface area contributed by atoms with Gasteiger partial charge in [0.2, 0.25) is 0 Å². The van der Waals surface area contributed by atoms with Crippen molar-refractivity contribution in [3.63, 3.8) is 0 Å². The lowest BCUT2D eigenvalue weighted by molar-refractivity contribution is 0.0672. The minimum atomic E-state index is -3.45. The molecule has 2 N–H and O–H groups in total. The quantitative estimate of drug-likeness (QED) is 0.743. The van der Waals surface area contributed by atoms with Gasteiger partial charge in [-0.25, -0.2) is 0 Å². The molecule has 0 aromatic carbocycles. The van der Waals surface area contributed by atoms with Crippen LogP contribution in [-0.2, 0) is 14.9 Å². The third-order valence-electron chi connectivity index (χ3n) is 4.01. The largest absolute Gasteiger partial charge is 0.379 e. The van der Waals surface area contributed by atoms with Crippen molar-refractivity contribution in [1.82, 2.24) is 8.61 Å². The van der Waals surface area contributed by atoms with E-state index in [0.29, 0.717) is 45.7 Å². The van der Waals surface area contributed by atoms with E-state index >= 15 is 0 Å². The zero-order valence-corrected chi connectivity index (χ0v) is 12.4. The maximum Gasteiger partial charge on any atom is 0.282 e. The Kier molecular flexibility index (Phi) is 5.54.